The number of ketones is 1. The zero-order valence-corrected chi connectivity index (χ0v) is 12.3. The summed E-state index contributed by atoms with van der Waals surface area (Å²) in [5.74, 6) is 1.68. The first kappa shape index (κ1) is 14.2. The molecule has 2 unspecified atom stereocenters. The van der Waals surface area contributed by atoms with Gasteiger partial charge in [-0.2, -0.15) is 0 Å². The van der Waals surface area contributed by atoms with Crippen LogP contribution in [0.4, 0.5) is 0 Å². The van der Waals surface area contributed by atoms with Gasteiger partial charge in [-0.1, -0.05) is 31.9 Å². The number of carbonyl (C=O) groups is 1. The third kappa shape index (κ3) is 3.03. The Morgan fingerprint density at radius 1 is 1.42 bits per heavy atom. The number of halogens is 1. The van der Waals surface area contributed by atoms with Gasteiger partial charge in [0.25, 0.3) is 0 Å². The van der Waals surface area contributed by atoms with Crippen LogP contribution in [0.15, 0.2) is 12.1 Å². The highest BCUT2D eigenvalue weighted by Gasteiger charge is 2.22. The topological polar surface area (TPSA) is 35.5 Å². The van der Waals surface area contributed by atoms with Crippen LogP contribution in [0.1, 0.15) is 44.0 Å². The van der Waals surface area contributed by atoms with Crippen LogP contribution in [0.25, 0.3) is 0 Å². The highest BCUT2D eigenvalue weighted by Crippen LogP contribution is 2.36. The lowest BCUT2D eigenvalue weighted by atomic mass is 10.0. The van der Waals surface area contributed by atoms with Gasteiger partial charge in [-0.15, -0.1) is 0 Å². The largest absolute Gasteiger partial charge is 0.492 e. The molecule has 2 rings (SSSR count). The number of rotatable bonds is 4. The lowest BCUT2D eigenvalue weighted by Crippen LogP contribution is -2.21. The molecule has 0 N–H and O–H groups in total. The average Bonchev–Trinajstić information content (AvgIpc) is 2.40. The van der Waals surface area contributed by atoms with Crippen LogP contribution in [0.5, 0.6) is 11.5 Å². The Morgan fingerprint density at radius 3 is 2.84 bits per heavy atom. The number of Topliss-reactive ketones (excluding diaryl/α,β-unsaturated/α-hetero) is 1. The maximum Gasteiger partial charge on any atom is 0.170 e. The van der Waals surface area contributed by atoms with Gasteiger partial charge in [-0.3, -0.25) is 4.79 Å². The molecule has 2 atom stereocenters. The zero-order chi connectivity index (χ0) is 14.0. The molecule has 1 heterocycles. The van der Waals surface area contributed by atoms with Crippen molar-refractivity contribution in [2.75, 3.05) is 6.61 Å². The zero-order valence-electron chi connectivity index (χ0n) is 11.5. The molecule has 3 nitrogen and oxygen atoms in total. The van der Waals surface area contributed by atoms with E-state index in [1.54, 1.807) is 12.1 Å². The Kier molecular flexibility index (Phi) is 4.35. The van der Waals surface area contributed by atoms with E-state index in [-0.39, 0.29) is 11.9 Å². The molecule has 4 heteroatoms. The number of benzene rings is 1. The first-order valence-corrected chi connectivity index (χ1v) is 7.07. The van der Waals surface area contributed by atoms with E-state index in [1.807, 2.05) is 6.92 Å². The van der Waals surface area contributed by atoms with Crippen molar-refractivity contribution in [2.45, 2.75) is 39.7 Å². The monoisotopic (exact) mass is 282 g/mol. The van der Waals surface area contributed by atoms with Crippen molar-refractivity contribution in [3.8, 4) is 11.5 Å². The van der Waals surface area contributed by atoms with E-state index in [4.69, 9.17) is 21.1 Å². The third-order valence-electron chi connectivity index (χ3n) is 3.68. The second kappa shape index (κ2) is 5.83. The van der Waals surface area contributed by atoms with Gasteiger partial charge in [0.2, 0.25) is 0 Å². The van der Waals surface area contributed by atoms with Crippen LogP contribution in [0.2, 0.25) is 5.02 Å². The average molecular weight is 283 g/mol. The Morgan fingerprint density at radius 2 is 2.16 bits per heavy atom. The van der Waals surface area contributed by atoms with Crippen molar-refractivity contribution in [1.82, 2.24) is 0 Å². The smallest absolute Gasteiger partial charge is 0.170 e. The normalized spacial score (nSPS) is 17.4. The Balaban J connectivity index is 2.25. The number of fused-ring (bicyclic) bond motifs is 1. The van der Waals surface area contributed by atoms with Crippen molar-refractivity contribution in [1.29, 1.82) is 0 Å². The maximum atomic E-state index is 11.7. The molecule has 0 spiro atoms. The summed E-state index contributed by atoms with van der Waals surface area (Å²) in [5.41, 5.74) is 0.555. The summed E-state index contributed by atoms with van der Waals surface area (Å²) in [4.78, 5) is 11.7. The van der Waals surface area contributed by atoms with Crippen LogP contribution in [-0.2, 0) is 0 Å². The van der Waals surface area contributed by atoms with Crippen LogP contribution < -0.4 is 9.47 Å². The molecule has 0 saturated carbocycles. The van der Waals surface area contributed by atoms with Crippen LogP contribution in [0.3, 0.4) is 0 Å². The van der Waals surface area contributed by atoms with E-state index in [0.29, 0.717) is 41.0 Å². The maximum absolute atomic E-state index is 11.7. The molecule has 0 saturated heterocycles. The van der Waals surface area contributed by atoms with Crippen LogP contribution in [-0.4, -0.2) is 18.5 Å². The lowest BCUT2D eigenvalue weighted by Gasteiger charge is -2.23. The molecular formula is C15H19ClO3. The number of hydrogen-bond donors (Lipinski definition) is 0. The van der Waals surface area contributed by atoms with Gasteiger partial charge < -0.3 is 9.47 Å². The first-order valence-electron chi connectivity index (χ1n) is 6.69. The van der Waals surface area contributed by atoms with Gasteiger partial charge in [-0.25, -0.2) is 0 Å². The van der Waals surface area contributed by atoms with Crippen LogP contribution >= 0.6 is 11.6 Å². The van der Waals surface area contributed by atoms with Crippen molar-refractivity contribution in [2.24, 2.45) is 5.92 Å². The second-order valence-electron chi connectivity index (χ2n) is 5.01. The fraction of sp³-hybridized carbons (Fsp3) is 0.533. The second-order valence-corrected chi connectivity index (χ2v) is 5.42. The highest BCUT2D eigenvalue weighted by molar-refractivity contribution is 6.32. The van der Waals surface area contributed by atoms with E-state index in [2.05, 4.69) is 13.8 Å². The van der Waals surface area contributed by atoms with E-state index < -0.39 is 0 Å². The molecule has 1 aliphatic rings. The highest BCUT2D eigenvalue weighted by atomic mass is 35.5. The Bertz CT molecular complexity index is 485. The summed E-state index contributed by atoms with van der Waals surface area (Å²) in [6, 6.07) is 3.38. The summed E-state index contributed by atoms with van der Waals surface area (Å²) in [7, 11) is 0. The number of hydrogen-bond acceptors (Lipinski definition) is 3. The molecule has 0 aliphatic carbocycles. The minimum absolute atomic E-state index is 0.0693. The van der Waals surface area contributed by atoms with E-state index in [9.17, 15) is 4.79 Å². The van der Waals surface area contributed by atoms with Gasteiger partial charge >= 0.3 is 0 Å². The molecule has 0 bridgehead atoms. The van der Waals surface area contributed by atoms with Gasteiger partial charge in [0.1, 0.15) is 11.5 Å². The third-order valence-corrected chi connectivity index (χ3v) is 3.97. The van der Waals surface area contributed by atoms with Crippen molar-refractivity contribution >= 4 is 17.4 Å². The van der Waals surface area contributed by atoms with Crippen molar-refractivity contribution in [3.63, 3.8) is 0 Å². The van der Waals surface area contributed by atoms with Gasteiger partial charge in [0.05, 0.1) is 23.3 Å². The molecule has 1 aromatic carbocycles. The summed E-state index contributed by atoms with van der Waals surface area (Å²) in [5, 5.41) is 0.466. The summed E-state index contributed by atoms with van der Waals surface area (Å²) < 4.78 is 11.4. The minimum Gasteiger partial charge on any atom is -0.492 e. The standard InChI is InChI=1S/C15H19ClO3/c1-4-9(2)10(3)19-15-8-14-11(7-12(15)16)13(17)5-6-18-14/h7-10H,4-6H2,1-3H3. The van der Waals surface area contributed by atoms with Crippen molar-refractivity contribution < 1.29 is 14.3 Å². The lowest BCUT2D eigenvalue weighted by molar-refractivity contribution is 0.0932. The molecule has 0 radical (unpaired) electrons. The molecule has 1 aromatic rings. The minimum atomic E-state index is 0.0693. The number of carbonyl (C=O) groups excluding carboxylic acids is 1. The van der Waals surface area contributed by atoms with Gasteiger partial charge in [0.15, 0.2) is 5.78 Å². The molecular weight excluding hydrogens is 264 g/mol. The Hall–Kier alpha value is -1.22. The van der Waals surface area contributed by atoms with E-state index in [0.717, 1.165) is 6.42 Å². The fourth-order valence-electron chi connectivity index (χ4n) is 2.00. The first-order chi connectivity index (χ1) is 9.02. The molecule has 0 amide bonds. The molecule has 1 aliphatic heterocycles. The summed E-state index contributed by atoms with van der Waals surface area (Å²) in [6.07, 6.45) is 1.52. The summed E-state index contributed by atoms with van der Waals surface area (Å²) in [6.45, 7) is 6.71. The molecule has 0 fully saturated rings. The van der Waals surface area contributed by atoms with E-state index in [1.165, 1.54) is 0 Å². The van der Waals surface area contributed by atoms with E-state index >= 15 is 0 Å². The molecule has 104 valence electrons. The van der Waals surface area contributed by atoms with Gasteiger partial charge in [-0.05, 0) is 18.9 Å². The SMILES string of the molecule is CCC(C)C(C)Oc1cc2c(cc1Cl)C(=O)CCO2. The fourth-order valence-corrected chi connectivity index (χ4v) is 2.21. The predicted octanol–water partition coefficient (Wildman–Crippen LogP) is 4.12. The predicted molar refractivity (Wildman–Crippen MR) is 75.4 cm³/mol. The molecule has 0 aromatic heterocycles. The van der Waals surface area contributed by atoms with Crippen LogP contribution in [0, 0.1) is 5.92 Å². The summed E-state index contributed by atoms with van der Waals surface area (Å²) >= 11 is 6.19. The molecule has 19 heavy (non-hydrogen) atoms. The Labute approximate surface area is 118 Å². The number of ether oxygens (including phenoxy) is 2. The van der Waals surface area contributed by atoms with Crippen molar-refractivity contribution in [3.05, 3.63) is 22.7 Å². The quantitative estimate of drug-likeness (QED) is 0.833. The van der Waals surface area contributed by atoms with Gasteiger partial charge in [0, 0.05) is 12.5 Å².